The molecule has 20 heavy (non-hydrogen) atoms. The van der Waals surface area contributed by atoms with Gasteiger partial charge in [0, 0.05) is 15.9 Å². The summed E-state index contributed by atoms with van der Waals surface area (Å²) in [5.41, 5.74) is 1.54. The van der Waals surface area contributed by atoms with E-state index in [9.17, 15) is 8.42 Å². The van der Waals surface area contributed by atoms with E-state index in [1.807, 2.05) is 13.0 Å². The first-order valence-electron chi connectivity index (χ1n) is 5.93. The molecule has 0 aliphatic carbocycles. The van der Waals surface area contributed by atoms with Crippen molar-refractivity contribution in [1.82, 2.24) is 5.32 Å². The van der Waals surface area contributed by atoms with Crippen LogP contribution in [0.3, 0.4) is 0 Å². The predicted molar refractivity (Wildman–Crippen MR) is 86.8 cm³/mol. The minimum absolute atomic E-state index is 0.328. The Balaban J connectivity index is 2.33. The highest BCUT2D eigenvalue weighted by molar-refractivity contribution is 9.10. The van der Waals surface area contributed by atoms with Crippen LogP contribution in [0.4, 0.5) is 5.69 Å². The molecule has 2 N–H and O–H groups in total. The van der Waals surface area contributed by atoms with Crippen molar-refractivity contribution in [2.45, 2.75) is 18.4 Å². The van der Waals surface area contributed by atoms with Crippen LogP contribution in [0.1, 0.15) is 10.4 Å². The number of nitrogens with one attached hydrogen (secondary N) is 2. The molecule has 1 aromatic carbocycles. The Labute approximate surface area is 131 Å². The van der Waals surface area contributed by atoms with E-state index in [1.165, 1.54) is 11.3 Å². The van der Waals surface area contributed by atoms with E-state index < -0.39 is 10.0 Å². The lowest BCUT2D eigenvalue weighted by molar-refractivity contribution is 0.600. The topological polar surface area (TPSA) is 58.2 Å². The smallest absolute Gasteiger partial charge is 0.263 e. The molecular weight excluding hydrogens is 360 g/mol. The van der Waals surface area contributed by atoms with Gasteiger partial charge in [-0.15, -0.1) is 11.3 Å². The molecule has 0 spiro atoms. The molecule has 0 unspecified atom stereocenters. The summed E-state index contributed by atoms with van der Waals surface area (Å²) in [6.07, 6.45) is 0. The summed E-state index contributed by atoms with van der Waals surface area (Å²) in [6.45, 7) is 2.45. The molecule has 0 atom stereocenters. The molecule has 0 radical (unpaired) electrons. The quantitative estimate of drug-likeness (QED) is 0.843. The zero-order valence-corrected chi connectivity index (χ0v) is 14.3. The first-order valence-corrected chi connectivity index (χ1v) is 9.09. The Bertz CT molecular complexity index is 691. The summed E-state index contributed by atoms with van der Waals surface area (Å²) in [5.74, 6) is 0. The summed E-state index contributed by atoms with van der Waals surface area (Å²) in [5, 5.41) is 4.76. The highest BCUT2D eigenvalue weighted by atomic mass is 79.9. The highest BCUT2D eigenvalue weighted by Gasteiger charge is 2.19. The van der Waals surface area contributed by atoms with Crippen molar-refractivity contribution < 1.29 is 8.42 Å². The van der Waals surface area contributed by atoms with Gasteiger partial charge in [0.2, 0.25) is 0 Å². The summed E-state index contributed by atoms with van der Waals surface area (Å²) in [7, 11) is -1.76. The number of thiophene rings is 1. The molecule has 0 saturated carbocycles. The molecule has 0 aliphatic heterocycles. The third kappa shape index (κ3) is 3.60. The van der Waals surface area contributed by atoms with Crippen molar-refractivity contribution in [3.05, 3.63) is 44.6 Å². The Hall–Kier alpha value is -0.890. The molecule has 0 amide bonds. The highest BCUT2D eigenvalue weighted by Crippen LogP contribution is 2.26. The van der Waals surface area contributed by atoms with Crippen molar-refractivity contribution in [1.29, 1.82) is 0 Å². The molecule has 7 heteroatoms. The van der Waals surface area contributed by atoms with Gasteiger partial charge in [-0.05, 0) is 49.2 Å². The van der Waals surface area contributed by atoms with Crippen LogP contribution in [0, 0.1) is 6.92 Å². The van der Waals surface area contributed by atoms with Crippen LogP contribution in [0.5, 0.6) is 0 Å². The van der Waals surface area contributed by atoms with Gasteiger partial charge in [-0.25, -0.2) is 8.42 Å². The first-order chi connectivity index (χ1) is 9.42. The molecule has 4 nitrogen and oxygen atoms in total. The maximum absolute atomic E-state index is 12.4. The monoisotopic (exact) mass is 374 g/mol. The predicted octanol–water partition coefficient (Wildman–Crippen LogP) is 3.34. The fourth-order valence-electron chi connectivity index (χ4n) is 1.86. The molecule has 2 aromatic rings. The van der Waals surface area contributed by atoms with Gasteiger partial charge >= 0.3 is 0 Å². The second-order valence-electron chi connectivity index (χ2n) is 4.36. The maximum atomic E-state index is 12.4. The molecule has 1 aromatic heterocycles. The van der Waals surface area contributed by atoms with Gasteiger partial charge < -0.3 is 5.32 Å². The fraction of sp³-hybridized carbons (Fsp3) is 0.231. The molecular formula is C13H15BrN2O2S2. The summed E-state index contributed by atoms with van der Waals surface area (Å²) < 4.78 is 28.3. The van der Waals surface area contributed by atoms with Crippen LogP contribution in [-0.2, 0) is 16.6 Å². The lowest BCUT2D eigenvalue weighted by Gasteiger charge is -2.10. The van der Waals surface area contributed by atoms with Gasteiger partial charge in [-0.3, -0.25) is 4.72 Å². The molecule has 0 fully saturated rings. The van der Waals surface area contributed by atoms with Gasteiger partial charge in [0.1, 0.15) is 4.90 Å². The number of halogens is 1. The minimum atomic E-state index is -3.56. The van der Waals surface area contributed by atoms with Crippen molar-refractivity contribution in [3.8, 4) is 0 Å². The number of hydrogen-bond acceptors (Lipinski definition) is 4. The Morgan fingerprint density at radius 3 is 2.70 bits per heavy atom. The summed E-state index contributed by atoms with van der Waals surface area (Å²) >= 11 is 4.79. The van der Waals surface area contributed by atoms with Crippen molar-refractivity contribution in [2.24, 2.45) is 0 Å². The maximum Gasteiger partial charge on any atom is 0.263 e. The van der Waals surface area contributed by atoms with E-state index in [1.54, 1.807) is 30.6 Å². The SMILES string of the molecule is CNCc1sccc1S(=O)(=O)Nc1cc(C)cc(Br)c1. The number of benzene rings is 1. The average molecular weight is 375 g/mol. The summed E-state index contributed by atoms with van der Waals surface area (Å²) in [4.78, 5) is 1.13. The second-order valence-corrected chi connectivity index (χ2v) is 7.93. The number of aryl methyl sites for hydroxylation is 1. The van der Waals surface area contributed by atoms with Gasteiger partial charge in [0.15, 0.2) is 0 Å². The van der Waals surface area contributed by atoms with E-state index in [4.69, 9.17) is 0 Å². The van der Waals surface area contributed by atoms with Crippen LogP contribution in [0.2, 0.25) is 0 Å². The molecule has 2 rings (SSSR count). The lowest BCUT2D eigenvalue weighted by Crippen LogP contribution is -2.15. The van der Waals surface area contributed by atoms with E-state index in [0.717, 1.165) is 14.9 Å². The van der Waals surface area contributed by atoms with Gasteiger partial charge in [0.25, 0.3) is 10.0 Å². The van der Waals surface area contributed by atoms with Crippen LogP contribution < -0.4 is 10.0 Å². The Morgan fingerprint density at radius 2 is 2.05 bits per heavy atom. The zero-order valence-electron chi connectivity index (χ0n) is 11.1. The molecule has 0 aliphatic rings. The number of rotatable bonds is 5. The van der Waals surface area contributed by atoms with Gasteiger partial charge in [-0.2, -0.15) is 0 Å². The normalized spacial score (nSPS) is 11.6. The van der Waals surface area contributed by atoms with Crippen molar-refractivity contribution in [3.63, 3.8) is 0 Å². The van der Waals surface area contributed by atoms with Crippen molar-refractivity contribution >= 4 is 43.0 Å². The summed E-state index contributed by atoms with van der Waals surface area (Å²) in [6, 6.07) is 7.10. The van der Waals surface area contributed by atoms with Crippen LogP contribution in [0.15, 0.2) is 39.0 Å². The molecule has 0 bridgehead atoms. The second kappa shape index (κ2) is 6.26. The molecule has 1 heterocycles. The fourth-order valence-corrected chi connectivity index (χ4v) is 4.97. The van der Waals surface area contributed by atoms with E-state index in [2.05, 4.69) is 26.0 Å². The Kier molecular flexibility index (Phi) is 4.85. The zero-order chi connectivity index (χ0) is 14.8. The number of sulfonamides is 1. The standard InChI is InChI=1S/C13H15BrN2O2S2/c1-9-5-10(14)7-11(6-9)16-20(17,18)13-3-4-19-12(13)8-15-2/h3-7,15-16H,8H2,1-2H3. The van der Waals surface area contributed by atoms with Crippen molar-refractivity contribution in [2.75, 3.05) is 11.8 Å². The largest absolute Gasteiger partial charge is 0.315 e. The van der Waals surface area contributed by atoms with E-state index in [-0.39, 0.29) is 0 Å². The van der Waals surface area contributed by atoms with Crippen LogP contribution in [-0.4, -0.2) is 15.5 Å². The minimum Gasteiger partial charge on any atom is -0.315 e. The molecule has 0 saturated heterocycles. The van der Waals surface area contributed by atoms with Gasteiger partial charge in [-0.1, -0.05) is 15.9 Å². The number of hydrogen-bond donors (Lipinski definition) is 2. The lowest BCUT2D eigenvalue weighted by atomic mass is 10.2. The third-order valence-corrected chi connectivity index (χ3v) is 5.60. The van der Waals surface area contributed by atoms with E-state index in [0.29, 0.717) is 17.1 Å². The third-order valence-electron chi connectivity index (χ3n) is 2.63. The average Bonchev–Trinajstić information content (AvgIpc) is 2.76. The first kappa shape index (κ1) is 15.5. The Morgan fingerprint density at radius 1 is 1.30 bits per heavy atom. The van der Waals surface area contributed by atoms with E-state index >= 15 is 0 Å². The molecule has 108 valence electrons. The number of anilines is 1. The van der Waals surface area contributed by atoms with Crippen LogP contribution in [0.25, 0.3) is 0 Å². The van der Waals surface area contributed by atoms with Gasteiger partial charge in [0.05, 0.1) is 5.69 Å². The van der Waals surface area contributed by atoms with Crippen LogP contribution >= 0.6 is 27.3 Å².